The molecule has 1 saturated heterocycles. The SMILES string of the molecule is CC1(C)[C@]2(C)CC[C@]1(C(=O)Nc1nc3c(s1)CCCC3)OC2=O. The molecule has 5 nitrogen and oxygen atoms in total. The number of amides is 1. The van der Waals surface area contributed by atoms with Crippen LogP contribution in [0.25, 0.3) is 0 Å². The Morgan fingerprint density at radius 3 is 2.57 bits per heavy atom. The first-order valence-corrected chi connectivity index (χ1v) is 9.15. The lowest BCUT2D eigenvalue weighted by molar-refractivity contribution is -0.165. The fraction of sp³-hybridized carbons (Fsp3) is 0.706. The van der Waals surface area contributed by atoms with Gasteiger partial charge in [-0.1, -0.05) is 13.8 Å². The summed E-state index contributed by atoms with van der Waals surface area (Å²) in [5.41, 5.74) is -1.04. The molecule has 2 atom stereocenters. The molecule has 1 N–H and O–H groups in total. The van der Waals surface area contributed by atoms with E-state index in [0.717, 1.165) is 25.0 Å². The van der Waals surface area contributed by atoms with Gasteiger partial charge in [0, 0.05) is 10.3 Å². The van der Waals surface area contributed by atoms with Gasteiger partial charge in [-0.2, -0.15) is 0 Å². The van der Waals surface area contributed by atoms with E-state index in [1.165, 1.54) is 11.3 Å². The molecule has 2 aliphatic carbocycles. The molecule has 2 heterocycles. The highest BCUT2D eigenvalue weighted by Gasteiger charge is 2.75. The predicted octanol–water partition coefficient (Wildman–Crippen LogP) is 3.08. The molecule has 0 unspecified atom stereocenters. The fourth-order valence-electron chi connectivity index (χ4n) is 4.35. The Labute approximate surface area is 139 Å². The highest BCUT2D eigenvalue weighted by Crippen LogP contribution is 2.65. The van der Waals surface area contributed by atoms with Crippen LogP contribution in [0.4, 0.5) is 5.13 Å². The van der Waals surface area contributed by atoms with E-state index in [1.54, 1.807) is 11.3 Å². The smallest absolute Gasteiger partial charge is 0.313 e. The Morgan fingerprint density at radius 2 is 1.96 bits per heavy atom. The minimum absolute atomic E-state index is 0.219. The minimum atomic E-state index is -1.06. The zero-order valence-corrected chi connectivity index (χ0v) is 14.6. The van der Waals surface area contributed by atoms with Crippen molar-refractivity contribution in [2.45, 2.75) is 64.9 Å². The van der Waals surface area contributed by atoms with Gasteiger partial charge in [-0.3, -0.25) is 14.9 Å². The first-order chi connectivity index (χ1) is 10.8. The number of anilines is 1. The van der Waals surface area contributed by atoms with Crippen LogP contribution in [0.3, 0.4) is 0 Å². The first kappa shape index (κ1) is 15.1. The monoisotopic (exact) mass is 334 g/mol. The average Bonchev–Trinajstić information content (AvgIpc) is 3.04. The van der Waals surface area contributed by atoms with Crippen LogP contribution in [0, 0.1) is 10.8 Å². The van der Waals surface area contributed by atoms with Crippen LogP contribution >= 0.6 is 11.3 Å². The summed E-state index contributed by atoms with van der Waals surface area (Å²) in [6.45, 7) is 5.86. The summed E-state index contributed by atoms with van der Waals surface area (Å²) in [5, 5.41) is 3.59. The van der Waals surface area contributed by atoms with E-state index in [9.17, 15) is 9.59 Å². The van der Waals surface area contributed by atoms with Gasteiger partial charge < -0.3 is 4.74 Å². The normalized spacial score (nSPS) is 34.1. The van der Waals surface area contributed by atoms with Crippen molar-refractivity contribution in [2.24, 2.45) is 10.8 Å². The third-order valence-electron chi connectivity index (χ3n) is 6.52. The van der Waals surface area contributed by atoms with Gasteiger partial charge in [0.1, 0.15) is 0 Å². The molecule has 1 saturated carbocycles. The van der Waals surface area contributed by atoms with Gasteiger partial charge in [0.25, 0.3) is 5.91 Å². The number of rotatable bonds is 2. The number of thiazole rings is 1. The molecule has 23 heavy (non-hydrogen) atoms. The third kappa shape index (κ3) is 1.76. The van der Waals surface area contributed by atoms with Crippen molar-refractivity contribution in [3.8, 4) is 0 Å². The lowest BCUT2D eigenvalue weighted by Crippen LogP contribution is -2.50. The number of carbonyl (C=O) groups excluding carboxylic acids is 2. The van der Waals surface area contributed by atoms with E-state index in [1.807, 2.05) is 20.8 Å². The molecule has 3 aliphatic rings. The van der Waals surface area contributed by atoms with Gasteiger partial charge in [-0.05, 0) is 45.4 Å². The van der Waals surface area contributed by atoms with Gasteiger partial charge in [-0.25, -0.2) is 4.98 Å². The molecular weight excluding hydrogens is 312 g/mol. The average molecular weight is 334 g/mol. The van der Waals surface area contributed by atoms with E-state index in [-0.39, 0.29) is 11.9 Å². The Hall–Kier alpha value is -1.43. The van der Waals surface area contributed by atoms with E-state index in [0.29, 0.717) is 18.0 Å². The molecule has 124 valence electrons. The number of hydrogen-bond acceptors (Lipinski definition) is 5. The van der Waals surface area contributed by atoms with Crippen LogP contribution in [0.1, 0.15) is 57.0 Å². The topological polar surface area (TPSA) is 68.3 Å². The summed E-state index contributed by atoms with van der Waals surface area (Å²) in [5.74, 6) is -0.467. The Bertz CT molecular complexity index is 687. The van der Waals surface area contributed by atoms with Gasteiger partial charge in [0.15, 0.2) is 10.7 Å². The molecule has 2 fully saturated rings. The zero-order valence-electron chi connectivity index (χ0n) is 13.8. The maximum Gasteiger partial charge on any atom is 0.313 e. The lowest BCUT2D eigenvalue weighted by atomic mass is 9.66. The second-order valence-electron chi connectivity index (χ2n) is 7.72. The number of nitrogens with one attached hydrogen (secondary N) is 1. The van der Waals surface area contributed by atoms with E-state index in [4.69, 9.17) is 4.74 Å². The van der Waals surface area contributed by atoms with Gasteiger partial charge >= 0.3 is 5.97 Å². The van der Waals surface area contributed by atoms with Crippen molar-refractivity contribution in [1.29, 1.82) is 0 Å². The van der Waals surface area contributed by atoms with Crippen molar-refractivity contribution in [2.75, 3.05) is 5.32 Å². The van der Waals surface area contributed by atoms with Gasteiger partial charge in [0.05, 0.1) is 11.1 Å². The van der Waals surface area contributed by atoms with Gasteiger partial charge in [0.2, 0.25) is 0 Å². The number of ether oxygens (including phenoxy) is 1. The molecule has 0 radical (unpaired) electrons. The minimum Gasteiger partial charge on any atom is -0.448 e. The van der Waals surface area contributed by atoms with Crippen LogP contribution in [0.5, 0.6) is 0 Å². The number of hydrogen-bond donors (Lipinski definition) is 1. The standard InChI is InChI=1S/C17H22N2O3S/c1-15(2)16(3)8-9-17(15,22-13(16)21)12(20)19-14-18-10-6-4-5-7-11(10)23-14/h4-9H2,1-3H3,(H,18,19,20)/t16-,17-/m1/s1. The molecule has 2 bridgehead atoms. The quantitative estimate of drug-likeness (QED) is 0.844. The lowest BCUT2D eigenvalue weighted by Gasteiger charge is -2.35. The van der Waals surface area contributed by atoms with Crippen molar-refractivity contribution in [3.05, 3.63) is 10.6 Å². The fourth-order valence-corrected chi connectivity index (χ4v) is 5.40. The van der Waals surface area contributed by atoms with Crippen LogP contribution in [0.15, 0.2) is 0 Å². The number of carbonyl (C=O) groups is 2. The second kappa shape index (κ2) is 4.56. The van der Waals surface area contributed by atoms with Crippen molar-refractivity contribution in [3.63, 3.8) is 0 Å². The molecule has 1 aromatic heterocycles. The summed E-state index contributed by atoms with van der Waals surface area (Å²) >= 11 is 1.56. The Balaban J connectivity index is 1.62. The Morgan fingerprint density at radius 1 is 1.22 bits per heavy atom. The summed E-state index contributed by atoms with van der Waals surface area (Å²) in [6, 6.07) is 0. The molecule has 1 aromatic rings. The number of aromatic nitrogens is 1. The maximum absolute atomic E-state index is 13.0. The van der Waals surface area contributed by atoms with E-state index >= 15 is 0 Å². The highest BCUT2D eigenvalue weighted by molar-refractivity contribution is 7.15. The molecule has 6 heteroatoms. The van der Waals surface area contributed by atoms with Crippen LogP contribution in [-0.2, 0) is 27.2 Å². The van der Waals surface area contributed by atoms with Crippen molar-refractivity contribution >= 4 is 28.3 Å². The number of aryl methyl sites for hydroxylation is 2. The van der Waals surface area contributed by atoms with Crippen LogP contribution < -0.4 is 5.32 Å². The predicted molar refractivity (Wildman–Crippen MR) is 87.3 cm³/mol. The highest BCUT2D eigenvalue weighted by atomic mass is 32.1. The zero-order chi connectivity index (χ0) is 16.5. The maximum atomic E-state index is 13.0. The van der Waals surface area contributed by atoms with E-state index in [2.05, 4.69) is 10.3 Å². The summed E-state index contributed by atoms with van der Waals surface area (Å²) in [7, 11) is 0. The third-order valence-corrected chi connectivity index (χ3v) is 7.59. The van der Waals surface area contributed by atoms with Crippen molar-refractivity contribution in [1.82, 2.24) is 4.98 Å². The molecule has 1 aliphatic heterocycles. The number of esters is 1. The summed E-state index contributed by atoms with van der Waals surface area (Å²) in [4.78, 5) is 31.1. The number of nitrogens with zero attached hydrogens (tertiary/aromatic N) is 1. The van der Waals surface area contributed by atoms with Gasteiger partial charge in [-0.15, -0.1) is 11.3 Å². The molecular formula is C17H22N2O3S. The molecule has 1 amide bonds. The van der Waals surface area contributed by atoms with Crippen molar-refractivity contribution < 1.29 is 14.3 Å². The second-order valence-corrected chi connectivity index (χ2v) is 8.81. The molecule has 4 rings (SSSR count). The molecule has 0 aromatic carbocycles. The largest absolute Gasteiger partial charge is 0.448 e. The van der Waals surface area contributed by atoms with E-state index < -0.39 is 16.4 Å². The number of fused-ring (bicyclic) bond motifs is 3. The van der Waals surface area contributed by atoms with Crippen LogP contribution in [0.2, 0.25) is 0 Å². The molecule has 0 spiro atoms. The summed E-state index contributed by atoms with van der Waals surface area (Å²) in [6.07, 6.45) is 5.67. The summed E-state index contributed by atoms with van der Waals surface area (Å²) < 4.78 is 5.63. The van der Waals surface area contributed by atoms with Crippen LogP contribution in [-0.4, -0.2) is 22.5 Å². The Kier molecular flexibility index (Phi) is 3.00. The first-order valence-electron chi connectivity index (χ1n) is 8.34.